The van der Waals surface area contributed by atoms with E-state index in [1.54, 1.807) is 6.07 Å². The Morgan fingerprint density at radius 3 is 2.44 bits per heavy atom. The molecule has 0 radical (unpaired) electrons. The summed E-state index contributed by atoms with van der Waals surface area (Å²) >= 11 is 0. The largest absolute Gasteiger partial charge is 0.309 e. The van der Waals surface area contributed by atoms with Crippen LogP contribution in [0.4, 0.5) is 23.5 Å². The summed E-state index contributed by atoms with van der Waals surface area (Å²) < 4.78 is 55.1. The quantitative estimate of drug-likeness (QED) is 0.453. The Bertz CT molecular complexity index is 1060. The Morgan fingerprint density at radius 1 is 1.12 bits per heavy atom. The molecule has 0 fully saturated rings. The maximum Gasteiger partial charge on any atom is 0.282 e. The number of hydrogen-bond donors (Lipinski definition) is 1. The van der Waals surface area contributed by atoms with E-state index in [0.29, 0.717) is 22.8 Å². The number of para-hydroxylation sites is 2. The second kappa shape index (κ2) is 10.1. The van der Waals surface area contributed by atoms with Crippen LogP contribution >= 0.6 is 0 Å². The van der Waals surface area contributed by atoms with Crippen molar-refractivity contribution in [1.82, 2.24) is 24.2 Å². The van der Waals surface area contributed by atoms with Gasteiger partial charge in [-0.3, -0.25) is 14.8 Å². The summed E-state index contributed by atoms with van der Waals surface area (Å²) in [7, 11) is 0. The predicted octanol–water partition coefficient (Wildman–Crippen LogP) is 4.65. The third-order valence-corrected chi connectivity index (χ3v) is 5.40. The molecule has 0 spiro atoms. The highest BCUT2D eigenvalue weighted by Gasteiger charge is 2.28. The number of carbonyl (C=O) groups excluding carboxylic acids is 1. The normalized spacial score (nSPS) is 12.9. The van der Waals surface area contributed by atoms with Crippen LogP contribution in [0.1, 0.15) is 51.1 Å². The van der Waals surface area contributed by atoms with Gasteiger partial charge in [-0.15, -0.1) is 0 Å². The molecule has 1 N–H and O–H groups in total. The first-order valence-corrected chi connectivity index (χ1v) is 10.4. The minimum absolute atomic E-state index is 0.259. The summed E-state index contributed by atoms with van der Waals surface area (Å²) in [4.78, 5) is 19.6. The SMILES string of the molecule is CCN(CC)CCn1c(NC(=O)C(C)n2nc(C(F)F)cc2C(F)F)nc2ccccc21. The molecule has 11 heteroatoms. The molecule has 0 aliphatic rings. The van der Waals surface area contributed by atoms with Gasteiger partial charge in [0.2, 0.25) is 5.95 Å². The van der Waals surface area contributed by atoms with Gasteiger partial charge in [0.05, 0.1) is 11.0 Å². The van der Waals surface area contributed by atoms with Crippen molar-refractivity contribution in [3.63, 3.8) is 0 Å². The van der Waals surface area contributed by atoms with Gasteiger partial charge in [-0.05, 0) is 38.2 Å². The zero-order valence-electron chi connectivity index (χ0n) is 18.1. The Kier molecular flexibility index (Phi) is 7.49. The maximum absolute atomic E-state index is 13.3. The Labute approximate surface area is 183 Å². The Hall–Kier alpha value is -2.95. The highest BCUT2D eigenvalue weighted by Crippen LogP contribution is 2.28. The zero-order valence-corrected chi connectivity index (χ0v) is 18.1. The van der Waals surface area contributed by atoms with Crippen molar-refractivity contribution in [1.29, 1.82) is 0 Å². The number of rotatable bonds is 10. The molecule has 1 atom stereocenters. The van der Waals surface area contributed by atoms with Gasteiger partial charge in [-0.1, -0.05) is 26.0 Å². The molecule has 3 aromatic rings. The van der Waals surface area contributed by atoms with E-state index in [2.05, 4.69) is 34.1 Å². The maximum atomic E-state index is 13.3. The molecule has 2 aromatic heterocycles. The molecular formula is C21H26F4N6O. The van der Waals surface area contributed by atoms with Crippen molar-refractivity contribution in [3.8, 4) is 0 Å². The van der Waals surface area contributed by atoms with Gasteiger partial charge < -0.3 is 9.47 Å². The van der Waals surface area contributed by atoms with E-state index in [1.165, 1.54) is 6.92 Å². The number of alkyl halides is 4. The fraction of sp³-hybridized carbons (Fsp3) is 0.476. The number of nitrogens with zero attached hydrogens (tertiary/aromatic N) is 5. The van der Waals surface area contributed by atoms with Crippen LogP contribution in [0.2, 0.25) is 0 Å². The molecule has 7 nitrogen and oxygen atoms in total. The molecule has 0 bridgehead atoms. The van der Waals surface area contributed by atoms with Crippen LogP contribution in [0.15, 0.2) is 30.3 Å². The second-order valence-corrected chi connectivity index (χ2v) is 7.31. The predicted molar refractivity (Wildman–Crippen MR) is 113 cm³/mol. The van der Waals surface area contributed by atoms with E-state index in [9.17, 15) is 22.4 Å². The van der Waals surface area contributed by atoms with Gasteiger partial charge in [0.1, 0.15) is 17.4 Å². The fourth-order valence-electron chi connectivity index (χ4n) is 3.51. The van der Waals surface area contributed by atoms with Crippen LogP contribution in [0.25, 0.3) is 11.0 Å². The first-order chi connectivity index (χ1) is 15.3. The van der Waals surface area contributed by atoms with Gasteiger partial charge in [0.25, 0.3) is 18.8 Å². The number of carbonyl (C=O) groups is 1. The number of benzene rings is 1. The van der Waals surface area contributed by atoms with Crippen LogP contribution in [0.5, 0.6) is 0 Å². The molecule has 3 rings (SSSR count). The summed E-state index contributed by atoms with van der Waals surface area (Å²) in [5.74, 6) is -0.426. The molecule has 0 saturated heterocycles. The lowest BCUT2D eigenvalue weighted by atomic mass is 10.3. The van der Waals surface area contributed by atoms with Crippen LogP contribution in [-0.4, -0.2) is 49.8 Å². The monoisotopic (exact) mass is 454 g/mol. The van der Waals surface area contributed by atoms with E-state index in [1.807, 2.05) is 22.8 Å². The van der Waals surface area contributed by atoms with E-state index in [-0.39, 0.29) is 5.95 Å². The van der Waals surface area contributed by atoms with E-state index in [0.717, 1.165) is 25.2 Å². The lowest BCUT2D eigenvalue weighted by molar-refractivity contribution is -0.119. The average Bonchev–Trinajstić information content (AvgIpc) is 3.36. The number of likely N-dealkylation sites (N-methyl/N-ethyl adjacent to an activating group) is 1. The van der Waals surface area contributed by atoms with E-state index >= 15 is 0 Å². The third kappa shape index (κ3) is 4.93. The molecule has 2 heterocycles. The highest BCUT2D eigenvalue weighted by molar-refractivity contribution is 5.94. The standard InChI is InChI=1S/C21H26F4N6O/c1-4-29(5-2)10-11-30-16-9-7-6-8-14(16)26-21(30)27-20(32)13(3)31-17(19(24)25)12-15(28-31)18(22)23/h6-9,12-13,18-19H,4-5,10-11H2,1-3H3,(H,26,27,32). The van der Waals surface area contributed by atoms with Crippen molar-refractivity contribution < 1.29 is 22.4 Å². The third-order valence-electron chi connectivity index (χ3n) is 5.40. The second-order valence-electron chi connectivity index (χ2n) is 7.31. The summed E-state index contributed by atoms with van der Waals surface area (Å²) in [6.45, 7) is 8.43. The van der Waals surface area contributed by atoms with Gasteiger partial charge in [0, 0.05) is 13.1 Å². The average molecular weight is 454 g/mol. The highest BCUT2D eigenvalue weighted by atomic mass is 19.3. The molecule has 32 heavy (non-hydrogen) atoms. The van der Waals surface area contributed by atoms with Crippen LogP contribution < -0.4 is 5.32 Å². The first-order valence-electron chi connectivity index (χ1n) is 10.4. The molecule has 1 aromatic carbocycles. The van der Waals surface area contributed by atoms with Crippen molar-refractivity contribution >= 4 is 22.9 Å². The van der Waals surface area contributed by atoms with Crippen molar-refractivity contribution in [2.45, 2.75) is 46.2 Å². The van der Waals surface area contributed by atoms with Gasteiger partial charge in [-0.25, -0.2) is 22.5 Å². The number of hydrogen-bond acceptors (Lipinski definition) is 4. The molecule has 174 valence electrons. The molecule has 1 amide bonds. The topological polar surface area (TPSA) is 68.0 Å². The minimum Gasteiger partial charge on any atom is -0.309 e. The van der Waals surface area contributed by atoms with Gasteiger partial charge in [-0.2, -0.15) is 5.10 Å². The smallest absolute Gasteiger partial charge is 0.282 e. The van der Waals surface area contributed by atoms with Crippen molar-refractivity contribution in [2.75, 3.05) is 25.0 Å². The minimum atomic E-state index is -3.05. The fourth-order valence-corrected chi connectivity index (χ4v) is 3.51. The van der Waals surface area contributed by atoms with Gasteiger partial charge in [0.15, 0.2) is 0 Å². The number of aromatic nitrogens is 4. The van der Waals surface area contributed by atoms with Gasteiger partial charge >= 0.3 is 0 Å². The van der Waals surface area contributed by atoms with E-state index < -0.39 is 36.2 Å². The van der Waals surface area contributed by atoms with E-state index in [4.69, 9.17) is 0 Å². The number of imidazole rings is 1. The molecule has 1 unspecified atom stereocenters. The molecule has 0 aliphatic heterocycles. The summed E-state index contributed by atoms with van der Waals surface area (Å²) in [5, 5.41) is 6.20. The number of nitrogens with one attached hydrogen (secondary N) is 1. The number of anilines is 1. The van der Waals surface area contributed by atoms with Crippen LogP contribution in [-0.2, 0) is 11.3 Å². The lowest BCUT2D eigenvalue weighted by Gasteiger charge is -2.20. The Morgan fingerprint density at radius 2 is 1.81 bits per heavy atom. The lowest BCUT2D eigenvalue weighted by Crippen LogP contribution is -2.29. The first kappa shape index (κ1) is 23.7. The number of halogens is 4. The Balaban J connectivity index is 1.89. The summed E-state index contributed by atoms with van der Waals surface area (Å²) in [6, 6.07) is 6.74. The summed E-state index contributed by atoms with van der Waals surface area (Å²) in [6.07, 6.45) is -6.07. The molecular weight excluding hydrogens is 428 g/mol. The molecule has 0 saturated carbocycles. The van der Waals surface area contributed by atoms with Crippen LogP contribution in [0.3, 0.4) is 0 Å². The van der Waals surface area contributed by atoms with Crippen molar-refractivity contribution in [2.24, 2.45) is 0 Å². The zero-order chi connectivity index (χ0) is 23.4. The van der Waals surface area contributed by atoms with Crippen molar-refractivity contribution in [3.05, 3.63) is 41.7 Å². The molecule has 0 aliphatic carbocycles. The number of amides is 1. The number of fused-ring (bicyclic) bond motifs is 1. The van der Waals surface area contributed by atoms with Crippen LogP contribution in [0, 0.1) is 0 Å². The summed E-state index contributed by atoms with van der Waals surface area (Å²) in [5.41, 5.74) is -0.0540.